The van der Waals surface area contributed by atoms with Crippen molar-refractivity contribution < 1.29 is 4.79 Å². The molecule has 0 aliphatic heterocycles. The lowest BCUT2D eigenvalue weighted by Crippen LogP contribution is -2.17. The van der Waals surface area contributed by atoms with Crippen LogP contribution in [0.1, 0.15) is 5.56 Å². The van der Waals surface area contributed by atoms with Crippen LogP contribution >= 0.6 is 34.5 Å². The van der Waals surface area contributed by atoms with Crippen LogP contribution in [-0.2, 0) is 17.8 Å². The van der Waals surface area contributed by atoms with Crippen LogP contribution in [0.4, 0.5) is 0 Å². The molecule has 3 aromatic rings. The van der Waals surface area contributed by atoms with Crippen LogP contribution in [0.2, 0.25) is 10.0 Å². The van der Waals surface area contributed by atoms with Crippen LogP contribution in [-0.4, -0.2) is 10.5 Å². The van der Waals surface area contributed by atoms with Gasteiger partial charge >= 0.3 is 0 Å². The van der Waals surface area contributed by atoms with E-state index in [4.69, 9.17) is 29.6 Å². The summed E-state index contributed by atoms with van der Waals surface area (Å²) in [5, 5.41) is 0.854. The van der Waals surface area contributed by atoms with Crippen LogP contribution in [0, 0.1) is 12.3 Å². The molecule has 0 N–H and O–H groups in total. The highest BCUT2D eigenvalue weighted by molar-refractivity contribution is 7.16. The van der Waals surface area contributed by atoms with E-state index in [9.17, 15) is 4.79 Å². The van der Waals surface area contributed by atoms with E-state index in [-0.39, 0.29) is 18.9 Å². The third-order valence-electron chi connectivity index (χ3n) is 3.40. The minimum absolute atomic E-state index is 0.235. The minimum Gasteiger partial charge on any atom is -0.303 e. The van der Waals surface area contributed by atoms with Crippen LogP contribution in [0.5, 0.6) is 0 Å². The Kier molecular flexibility index (Phi) is 5.06. The number of amides is 1. The van der Waals surface area contributed by atoms with Crippen molar-refractivity contribution in [2.24, 2.45) is 4.99 Å². The van der Waals surface area contributed by atoms with Gasteiger partial charge in [-0.15, -0.1) is 6.42 Å². The van der Waals surface area contributed by atoms with Gasteiger partial charge in [0, 0.05) is 0 Å². The molecule has 120 valence electrons. The topological polar surface area (TPSA) is 34.4 Å². The van der Waals surface area contributed by atoms with Crippen molar-refractivity contribution in [1.29, 1.82) is 0 Å². The molecule has 24 heavy (non-hydrogen) atoms. The van der Waals surface area contributed by atoms with Crippen molar-refractivity contribution in [2.75, 3.05) is 0 Å². The van der Waals surface area contributed by atoms with E-state index in [1.807, 2.05) is 36.4 Å². The Morgan fingerprint density at radius 1 is 1.21 bits per heavy atom. The molecule has 0 unspecified atom stereocenters. The molecule has 3 nitrogen and oxygen atoms in total. The number of rotatable bonds is 3. The monoisotopic (exact) mass is 374 g/mol. The summed E-state index contributed by atoms with van der Waals surface area (Å²) in [5.74, 6) is 2.33. The first-order chi connectivity index (χ1) is 11.6. The normalized spacial score (nSPS) is 11.6. The second-order valence-electron chi connectivity index (χ2n) is 5.05. The van der Waals surface area contributed by atoms with E-state index >= 15 is 0 Å². The van der Waals surface area contributed by atoms with Crippen LogP contribution in [0.25, 0.3) is 10.2 Å². The maximum Gasteiger partial charge on any atom is 0.252 e. The Balaban J connectivity index is 2.08. The number of hydrogen-bond acceptors (Lipinski definition) is 2. The summed E-state index contributed by atoms with van der Waals surface area (Å²) >= 11 is 13.8. The Bertz CT molecular complexity index is 1010. The fourth-order valence-electron chi connectivity index (χ4n) is 2.34. The van der Waals surface area contributed by atoms with Crippen molar-refractivity contribution in [3.63, 3.8) is 0 Å². The van der Waals surface area contributed by atoms with Crippen molar-refractivity contribution >= 4 is 50.7 Å². The SMILES string of the molecule is C#CCn1c(=NC(=O)Cc2ccccc2)sc2ccc(Cl)c(Cl)c21. The highest BCUT2D eigenvalue weighted by Gasteiger charge is 2.13. The van der Waals surface area contributed by atoms with E-state index in [0.717, 1.165) is 10.3 Å². The standard InChI is InChI=1S/C18H12Cl2N2OS/c1-2-10-22-17-14(9-8-13(19)16(17)20)24-18(22)21-15(23)11-12-6-4-3-5-7-12/h1,3-9H,10-11H2. The van der Waals surface area contributed by atoms with Crippen LogP contribution in [0.15, 0.2) is 47.5 Å². The molecule has 6 heteroatoms. The zero-order valence-corrected chi connectivity index (χ0v) is 14.8. The first-order valence-electron chi connectivity index (χ1n) is 7.12. The van der Waals surface area contributed by atoms with Crippen molar-refractivity contribution in [1.82, 2.24) is 4.57 Å². The quantitative estimate of drug-likeness (QED) is 0.628. The number of hydrogen-bond donors (Lipinski definition) is 0. The Hall–Kier alpha value is -2.06. The molecule has 1 aromatic heterocycles. The molecule has 0 spiro atoms. The van der Waals surface area contributed by atoms with Crippen molar-refractivity contribution in [3.05, 3.63) is 62.9 Å². The fraction of sp³-hybridized carbons (Fsp3) is 0.111. The van der Waals surface area contributed by atoms with Gasteiger partial charge in [0.2, 0.25) is 0 Å². The molecule has 1 heterocycles. The number of halogens is 2. The summed E-state index contributed by atoms with van der Waals surface area (Å²) < 4.78 is 2.63. The largest absolute Gasteiger partial charge is 0.303 e. The third-order valence-corrected chi connectivity index (χ3v) is 5.24. The van der Waals surface area contributed by atoms with E-state index in [2.05, 4.69) is 10.9 Å². The first kappa shape index (κ1) is 16.8. The molecule has 0 bridgehead atoms. The smallest absolute Gasteiger partial charge is 0.252 e. The van der Waals surface area contributed by atoms with E-state index in [1.165, 1.54) is 11.3 Å². The number of carbonyl (C=O) groups is 1. The zero-order valence-electron chi connectivity index (χ0n) is 12.5. The molecule has 0 saturated carbocycles. The summed E-state index contributed by atoms with van der Waals surface area (Å²) in [6, 6.07) is 13.0. The average molecular weight is 375 g/mol. The Morgan fingerprint density at radius 2 is 1.96 bits per heavy atom. The summed E-state index contributed by atoms with van der Waals surface area (Å²) in [7, 11) is 0. The van der Waals surface area contributed by atoms with Gasteiger partial charge in [-0.25, -0.2) is 0 Å². The molecule has 2 aromatic carbocycles. The highest BCUT2D eigenvalue weighted by atomic mass is 35.5. The molecule has 0 saturated heterocycles. The molecule has 1 amide bonds. The summed E-state index contributed by atoms with van der Waals surface area (Å²) in [4.78, 5) is 17.0. The second-order valence-corrected chi connectivity index (χ2v) is 6.85. The maximum atomic E-state index is 12.3. The number of thiazole rings is 1. The summed E-state index contributed by atoms with van der Waals surface area (Å²) in [5.41, 5.74) is 1.62. The van der Waals surface area contributed by atoms with Gasteiger partial charge in [0.25, 0.3) is 5.91 Å². The zero-order chi connectivity index (χ0) is 17.1. The van der Waals surface area contributed by atoms with Crippen LogP contribution < -0.4 is 4.80 Å². The third kappa shape index (κ3) is 3.39. The number of fused-ring (bicyclic) bond motifs is 1. The molecular formula is C18H12Cl2N2OS. The van der Waals surface area contributed by atoms with Gasteiger partial charge in [0.15, 0.2) is 4.80 Å². The Labute approximate surface area is 153 Å². The summed E-state index contributed by atoms with van der Waals surface area (Å²) in [6.45, 7) is 0.261. The van der Waals surface area contributed by atoms with E-state index in [0.29, 0.717) is 20.4 Å². The van der Waals surface area contributed by atoms with E-state index in [1.54, 1.807) is 10.6 Å². The lowest BCUT2D eigenvalue weighted by atomic mass is 10.1. The van der Waals surface area contributed by atoms with Gasteiger partial charge < -0.3 is 4.57 Å². The summed E-state index contributed by atoms with van der Waals surface area (Å²) in [6.07, 6.45) is 5.69. The van der Waals surface area contributed by atoms with Gasteiger partial charge in [-0.1, -0.05) is 70.8 Å². The first-order valence-corrected chi connectivity index (χ1v) is 8.69. The lowest BCUT2D eigenvalue weighted by molar-refractivity contribution is -0.117. The molecular weight excluding hydrogens is 363 g/mol. The predicted molar refractivity (Wildman–Crippen MR) is 99.4 cm³/mol. The van der Waals surface area contributed by atoms with Gasteiger partial charge in [0.05, 0.1) is 33.2 Å². The highest BCUT2D eigenvalue weighted by Crippen LogP contribution is 2.32. The minimum atomic E-state index is -0.235. The van der Waals surface area contributed by atoms with Gasteiger partial charge in [0.1, 0.15) is 0 Å². The maximum absolute atomic E-state index is 12.3. The average Bonchev–Trinajstić information content (AvgIpc) is 2.90. The second kappa shape index (κ2) is 7.23. The fourth-order valence-corrected chi connectivity index (χ4v) is 3.87. The van der Waals surface area contributed by atoms with Crippen molar-refractivity contribution in [3.8, 4) is 12.3 Å². The molecule has 0 radical (unpaired) electrons. The molecule has 3 rings (SSSR count). The number of carbonyl (C=O) groups excluding carboxylic acids is 1. The molecule has 0 aliphatic carbocycles. The number of benzene rings is 2. The van der Waals surface area contributed by atoms with Gasteiger partial charge in [-0.2, -0.15) is 4.99 Å². The van der Waals surface area contributed by atoms with Gasteiger partial charge in [-0.05, 0) is 17.7 Å². The Morgan fingerprint density at radius 3 is 2.67 bits per heavy atom. The molecule has 0 fully saturated rings. The lowest BCUT2D eigenvalue weighted by Gasteiger charge is -2.03. The predicted octanol–water partition coefficient (Wildman–Crippen LogP) is 4.31. The number of nitrogens with zero attached hydrogens (tertiary/aromatic N) is 2. The van der Waals surface area contributed by atoms with Crippen molar-refractivity contribution in [2.45, 2.75) is 13.0 Å². The van der Waals surface area contributed by atoms with Gasteiger partial charge in [-0.3, -0.25) is 4.79 Å². The molecule has 0 aliphatic rings. The number of terminal acetylenes is 1. The number of aromatic nitrogens is 1. The van der Waals surface area contributed by atoms with Crippen LogP contribution in [0.3, 0.4) is 0 Å². The molecule has 0 atom stereocenters. The van der Waals surface area contributed by atoms with E-state index < -0.39 is 0 Å².